The van der Waals surface area contributed by atoms with Gasteiger partial charge in [0.15, 0.2) is 0 Å². The molecule has 2 aromatic rings. The quantitative estimate of drug-likeness (QED) is 0.868. The Labute approximate surface area is 150 Å². The van der Waals surface area contributed by atoms with E-state index < -0.39 is 6.04 Å². The number of nitrogens with zero attached hydrogens (tertiary/aromatic N) is 1. The summed E-state index contributed by atoms with van der Waals surface area (Å²) in [7, 11) is 1.76. The number of carbonyl (C=O) groups excluding carboxylic acids is 1. The van der Waals surface area contributed by atoms with Gasteiger partial charge in [0.25, 0.3) is 0 Å². The highest BCUT2D eigenvalue weighted by atomic mass is 35.5. The molecule has 24 heavy (non-hydrogen) atoms. The number of amides is 1. The largest absolute Gasteiger partial charge is 0.491 e. The van der Waals surface area contributed by atoms with E-state index in [1.165, 1.54) is 0 Å². The number of halogens is 1. The topological polar surface area (TPSA) is 55.6 Å². The molecule has 0 spiro atoms. The molecule has 2 aromatic carbocycles. The number of carbonyl (C=O) groups is 1. The van der Waals surface area contributed by atoms with Crippen LogP contribution in [0.25, 0.3) is 0 Å². The molecule has 0 heterocycles. The lowest BCUT2D eigenvalue weighted by Crippen LogP contribution is -2.35. The van der Waals surface area contributed by atoms with Crippen LogP contribution in [-0.4, -0.2) is 24.0 Å². The molecule has 0 fully saturated rings. The maximum Gasteiger partial charge on any atom is 0.244 e. The Bertz CT molecular complexity index is 647. The van der Waals surface area contributed by atoms with Gasteiger partial charge < -0.3 is 15.4 Å². The minimum Gasteiger partial charge on any atom is -0.491 e. The molecular weight excluding hydrogens is 324 g/mol. The van der Waals surface area contributed by atoms with Crippen molar-refractivity contribution in [3.05, 3.63) is 65.7 Å². The first-order valence-corrected chi connectivity index (χ1v) is 7.78. The summed E-state index contributed by atoms with van der Waals surface area (Å²) < 4.78 is 5.69. The molecule has 130 valence electrons. The van der Waals surface area contributed by atoms with E-state index in [9.17, 15) is 4.79 Å². The fourth-order valence-electron chi connectivity index (χ4n) is 2.38. The molecule has 0 saturated heterocycles. The van der Waals surface area contributed by atoms with Gasteiger partial charge in [-0.1, -0.05) is 42.5 Å². The van der Waals surface area contributed by atoms with E-state index in [0.717, 1.165) is 16.9 Å². The SMILES string of the molecule is CC(C)Oc1cccc(CN(C)C(=O)C(N)c2ccccc2)c1.Cl. The fraction of sp³-hybridized carbons (Fsp3) is 0.316. The van der Waals surface area contributed by atoms with E-state index in [0.29, 0.717) is 6.54 Å². The zero-order valence-corrected chi connectivity index (χ0v) is 15.1. The molecule has 5 heteroatoms. The Morgan fingerprint density at radius 3 is 2.42 bits per heavy atom. The molecule has 2 rings (SSSR count). The van der Waals surface area contributed by atoms with Gasteiger partial charge in [0, 0.05) is 13.6 Å². The molecule has 0 aliphatic carbocycles. The van der Waals surface area contributed by atoms with E-state index in [4.69, 9.17) is 10.5 Å². The summed E-state index contributed by atoms with van der Waals surface area (Å²) in [6, 6.07) is 16.6. The molecule has 1 unspecified atom stereocenters. The van der Waals surface area contributed by atoms with Crippen LogP contribution < -0.4 is 10.5 Å². The monoisotopic (exact) mass is 348 g/mol. The van der Waals surface area contributed by atoms with Crippen molar-refractivity contribution in [3.8, 4) is 5.75 Å². The average molecular weight is 349 g/mol. The summed E-state index contributed by atoms with van der Waals surface area (Å²) in [5.74, 6) is 0.706. The minimum atomic E-state index is -0.642. The zero-order chi connectivity index (χ0) is 16.8. The predicted molar refractivity (Wildman–Crippen MR) is 99.3 cm³/mol. The molecule has 0 aliphatic rings. The van der Waals surface area contributed by atoms with Gasteiger partial charge in [-0.05, 0) is 37.1 Å². The van der Waals surface area contributed by atoms with E-state index in [-0.39, 0.29) is 24.4 Å². The van der Waals surface area contributed by atoms with Gasteiger partial charge in [-0.3, -0.25) is 4.79 Å². The molecule has 2 N–H and O–H groups in total. The van der Waals surface area contributed by atoms with Crippen molar-refractivity contribution in [2.75, 3.05) is 7.05 Å². The van der Waals surface area contributed by atoms with Crippen molar-refractivity contribution >= 4 is 18.3 Å². The first kappa shape index (κ1) is 20.0. The second-order valence-electron chi connectivity index (χ2n) is 5.90. The first-order valence-electron chi connectivity index (χ1n) is 7.78. The van der Waals surface area contributed by atoms with Crippen LogP contribution in [0.3, 0.4) is 0 Å². The Hall–Kier alpha value is -2.04. The normalized spacial score (nSPS) is 11.5. The third-order valence-electron chi connectivity index (χ3n) is 3.49. The molecule has 1 amide bonds. The van der Waals surface area contributed by atoms with Gasteiger partial charge in [0.1, 0.15) is 11.8 Å². The van der Waals surface area contributed by atoms with Crippen LogP contribution >= 0.6 is 12.4 Å². The molecule has 1 atom stereocenters. The third kappa shape index (κ3) is 5.55. The molecule has 0 saturated carbocycles. The predicted octanol–water partition coefficient (Wildman–Crippen LogP) is 3.55. The highest BCUT2D eigenvalue weighted by molar-refractivity contribution is 5.85. The number of rotatable bonds is 6. The zero-order valence-electron chi connectivity index (χ0n) is 14.3. The van der Waals surface area contributed by atoms with Gasteiger partial charge in [-0.25, -0.2) is 0 Å². The lowest BCUT2D eigenvalue weighted by molar-refractivity contribution is -0.131. The molecule has 0 radical (unpaired) electrons. The number of nitrogens with two attached hydrogens (primary N) is 1. The van der Waals surface area contributed by atoms with Gasteiger partial charge in [0.05, 0.1) is 6.10 Å². The highest BCUT2D eigenvalue weighted by Crippen LogP contribution is 2.18. The molecular formula is C19H25ClN2O2. The molecule has 4 nitrogen and oxygen atoms in total. The second kappa shape index (κ2) is 9.30. The van der Waals surface area contributed by atoms with Gasteiger partial charge in [-0.2, -0.15) is 0 Å². The summed E-state index contributed by atoms with van der Waals surface area (Å²) in [5.41, 5.74) is 7.91. The Kier molecular flexibility index (Phi) is 7.75. The molecule has 0 bridgehead atoms. The number of ether oxygens (including phenoxy) is 1. The Balaban J connectivity index is 0.00000288. The van der Waals surface area contributed by atoms with Crippen LogP contribution in [0.1, 0.15) is 31.0 Å². The van der Waals surface area contributed by atoms with Crippen LogP contribution in [0, 0.1) is 0 Å². The van der Waals surface area contributed by atoms with Gasteiger partial charge in [0.2, 0.25) is 5.91 Å². The van der Waals surface area contributed by atoms with Crippen molar-refractivity contribution in [2.45, 2.75) is 32.5 Å². The number of hydrogen-bond donors (Lipinski definition) is 1. The summed E-state index contributed by atoms with van der Waals surface area (Å²) in [6.45, 7) is 4.47. The summed E-state index contributed by atoms with van der Waals surface area (Å²) in [6.07, 6.45) is 0.121. The number of likely N-dealkylation sites (N-methyl/N-ethyl adjacent to an activating group) is 1. The van der Waals surface area contributed by atoms with Crippen molar-refractivity contribution in [2.24, 2.45) is 5.73 Å². The lowest BCUT2D eigenvalue weighted by atomic mass is 10.1. The number of benzene rings is 2. The maximum atomic E-state index is 12.5. The van der Waals surface area contributed by atoms with E-state index in [1.807, 2.05) is 68.4 Å². The van der Waals surface area contributed by atoms with Crippen molar-refractivity contribution in [1.82, 2.24) is 4.90 Å². The smallest absolute Gasteiger partial charge is 0.244 e. The minimum absolute atomic E-state index is 0. The fourth-order valence-corrected chi connectivity index (χ4v) is 2.38. The Morgan fingerprint density at radius 2 is 1.79 bits per heavy atom. The summed E-state index contributed by atoms with van der Waals surface area (Å²) in [5, 5.41) is 0. The lowest BCUT2D eigenvalue weighted by Gasteiger charge is -2.22. The number of hydrogen-bond acceptors (Lipinski definition) is 3. The van der Waals surface area contributed by atoms with Crippen LogP contribution in [0.5, 0.6) is 5.75 Å². The van der Waals surface area contributed by atoms with Crippen LogP contribution in [0.2, 0.25) is 0 Å². The van der Waals surface area contributed by atoms with Crippen LogP contribution in [0.15, 0.2) is 54.6 Å². The summed E-state index contributed by atoms with van der Waals surface area (Å²) >= 11 is 0. The van der Waals surface area contributed by atoms with Crippen molar-refractivity contribution < 1.29 is 9.53 Å². The van der Waals surface area contributed by atoms with Crippen LogP contribution in [-0.2, 0) is 11.3 Å². The Morgan fingerprint density at radius 1 is 1.12 bits per heavy atom. The summed E-state index contributed by atoms with van der Waals surface area (Å²) in [4.78, 5) is 14.1. The third-order valence-corrected chi connectivity index (χ3v) is 3.49. The highest BCUT2D eigenvalue weighted by Gasteiger charge is 2.19. The van der Waals surface area contributed by atoms with E-state index >= 15 is 0 Å². The maximum absolute atomic E-state index is 12.5. The second-order valence-corrected chi connectivity index (χ2v) is 5.90. The van der Waals surface area contributed by atoms with Gasteiger partial charge in [-0.15, -0.1) is 12.4 Å². The van der Waals surface area contributed by atoms with Gasteiger partial charge >= 0.3 is 0 Å². The van der Waals surface area contributed by atoms with Crippen molar-refractivity contribution in [3.63, 3.8) is 0 Å². The molecule has 0 aromatic heterocycles. The molecule has 0 aliphatic heterocycles. The average Bonchev–Trinajstić information content (AvgIpc) is 2.54. The van der Waals surface area contributed by atoms with Crippen molar-refractivity contribution in [1.29, 1.82) is 0 Å². The van der Waals surface area contributed by atoms with Crippen LogP contribution in [0.4, 0.5) is 0 Å². The first-order chi connectivity index (χ1) is 11.0. The van der Waals surface area contributed by atoms with E-state index in [1.54, 1.807) is 11.9 Å². The standard InChI is InChI=1S/C19H24N2O2.ClH/c1-14(2)23-17-11-7-8-15(12-17)13-21(3)19(22)18(20)16-9-5-4-6-10-16;/h4-12,14,18H,13,20H2,1-3H3;1H. The van der Waals surface area contributed by atoms with E-state index in [2.05, 4.69) is 0 Å².